The topological polar surface area (TPSA) is 88.4 Å². The van der Waals surface area contributed by atoms with E-state index in [-0.39, 0.29) is 12.3 Å². The minimum absolute atomic E-state index is 0.211. The highest BCUT2D eigenvalue weighted by Crippen LogP contribution is 2.32. The third-order valence-electron chi connectivity index (χ3n) is 6.88. The molecule has 8 heteroatoms. The van der Waals surface area contributed by atoms with Gasteiger partial charge in [-0.1, -0.05) is 0 Å². The first-order chi connectivity index (χ1) is 17.1. The van der Waals surface area contributed by atoms with Gasteiger partial charge in [-0.05, 0) is 86.9 Å². The summed E-state index contributed by atoms with van der Waals surface area (Å²) in [7, 11) is 1.68. The van der Waals surface area contributed by atoms with Crippen LogP contribution < -0.4 is 4.74 Å². The monoisotopic (exact) mass is 494 g/mol. The summed E-state index contributed by atoms with van der Waals surface area (Å²) in [5, 5.41) is 11.6. The lowest BCUT2D eigenvalue weighted by Crippen LogP contribution is -2.41. The van der Waals surface area contributed by atoms with Gasteiger partial charge in [0.2, 0.25) is 0 Å². The van der Waals surface area contributed by atoms with Gasteiger partial charge in [0.05, 0.1) is 18.8 Å². The summed E-state index contributed by atoms with van der Waals surface area (Å²) in [6, 6.07) is 8.10. The predicted molar refractivity (Wildman–Crippen MR) is 139 cm³/mol. The molecule has 3 aromatic rings. The van der Waals surface area contributed by atoms with Gasteiger partial charge in [0, 0.05) is 42.7 Å². The Hall–Kier alpha value is -2.71. The number of aromatic nitrogens is 3. The fraction of sp³-hybridized carbons (Fsp3) is 0.481. The van der Waals surface area contributed by atoms with E-state index in [2.05, 4.69) is 32.0 Å². The van der Waals surface area contributed by atoms with Gasteiger partial charge in [0.25, 0.3) is 0 Å². The maximum atomic E-state index is 11.6. The maximum Gasteiger partial charge on any atom is 0.303 e. The van der Waals surface area contributed by atoms with Crippen molar-refractivity contribution in [2.24, 2.45) is 11.8 Å². The number of pyridine rings is 1. The number of ether oxygens (including phenoxy) is 1. The standard InChI is InChI=1S/C27H34N4O3S/c1-34-23-6-7-25-24(17-23)21(8-10-29-25)5-2-4-20-9-14-31(19-22(20)16-27(32)33)13-3-15-35-26-18-28-11-12-30-26/h6-8,10-12,17-18,20,22H,2-5,9,13-16,19H2,1H3,(H,32,33)/t20-,22+/m1/s1. The molecule has 2 atom stereocenters. The quantitative estimate of drug-likeness (QED) is 0.279. The van der Waals surface area contributed by atoms with Gasteiger partial charge < -0.3 is 14.7 Å². The molecule has 35 heavy (non-hydrogen) atoms. The number of benzene rings is 1. The van der Waals surface area contributed by atoms with E-state index < -0.39 is 5.97 Å². The minimum atomic E-state index is -0.688. The number of hydrogen-bond acceptors (Lipinski definition) is 7. The molecule has 1 aromatic carbocycles. The third kappa shape index (κ3) is 7.39. The lowest BCUT2D eigenvalue weighted by molar-refractivity contribution is -0.139. The zero-order chi connectivity index (χ0) is 24.5. The minimum Gasteiger partial charge on any atom is -0.497 e. The Morgan fingerprint density at radius 3 is 2.89 bits per heavy atom. The van der Waals surface area contributed by atoms with Gasteiger partial charge in [-0.15, -0.1) is 11.8 Å². The van der Waals surface area contributed by atoms with E-state index in [1.165, 1.54) is 5.56 Å². The normalized spacial score (nSPS) is 18.5. The summed E-state index contributed by atoms with van der Waals surface area (Å²) >= 11 is 1.73. The second-order valence-electron chi connectivity index (χ2n) is 9.20. The lowest BCUT2D eigenvalue weighted by atomic mass is 9.80. The number of likely N-dealkylation sites (tertiary alicyclic amines) is 1. The molecule has 1 N–H and O–H groups in total. The van der Waals surface area contributed by atoms with E-state index in [1.807, 2.05) is 18.3 Å². The number of aliphatic carboxylic acids is 1. The van der Waals surface area contributed by atoms with Crippen LogP contribution in [0.4, 0.5) is 0 Å². The molecule has 0 spiro atoms. The molecule has 1 saturated heterocycles. The summed E-state index contributed by atoms with van der Waals surface area (Å²) in [6.45, 7) is 2.93. The van der Waals surface area contributed by atoms with Crippen LogP contribution in [0, 0.1) is 11.8 Å². The Kier molecular flexibility index (Phi) is 9.31. The smallest absolute Gasteiger partial charge is 0.303 e. The Morgan fingerprint density at radius 1 is 1.17 bits per heavy atom. The van der Waals surface area contributed by atoms with Crippen molar-refractivity contribution < 1.29 is 14.6 Å². The fourth-order valence-electron chi connectivity index (χ4n) is 5.10. The van der Waals surface area contributed by atoms with Crippen LogP contribution in [0.5, 0.6) is 5.75 Å². The summed E-state index contributed by atoms with van der Waals surface area (Å²) < 4.78 is 5.40. The molecule has 4 rings (SSSR count). The first-order valence-electron chi connectivity index (χ1n) is 12.4. The highest BCUT2D eigenvalue weighted by molar-refractivity contribution is 7.99. The van der Waals surface area contributed by atoms with Gasteiger partial charge in [-0.3, -0.25) is 14.8 Å². The molecule has 0 radical (unpaired) electrons. The summed E-state index contributed by atoms with van der Waals surface area (Å²) in [5.74, 6) is 1.82. The molecule has 0 amide bonds. The van der Waals surface area contributed by atoms with Crippen molar-refractivity contribution in [2.45, 2.75) is 43.6 Å². The van der Waals surface area contributed by atoms with E-state index >= 15 is 0 Å². The maximum absolute atomic E-state index is 11.6. The Morgan fingerprint density at radius 2 is 2.09 bits per heavy atom. The van der Waals surface area contributed by atoms with Crippen molar-refractivity contribution in [3.63, 3.8) is 0 Å². The molecule has 1 aliphatic heterocycles. The molecule has 0 bridgehead atoms. The van der Waals surface area contributed by atoms with Crippen molar-refractivity contribution in [1.29, 1.82) is 0 Å². The Balaban J connectivity index is 1.27. The number of hydrogen-bond donors (Lipinski definition) is 1. The van der Waals surface area contributed by atoms with Crippen molar-refractivity contribution in [1.82, 2.24) is 19.9 Å². The van der Waals surface area contributed by atoms with Crippen LogP contribution in [-0.4, -0.2) is 63.4 Å². The van der Waals surface area contributed by atoms with Crippen LogP contribution in [0.15, 0.2) is 54.1 Å². The van der Waals surface area contributed by atoms with Crippen LogP contribution in [0.25, 0.3) is 10.9 Å². The molecule has 1 aliphatic rings. The van der Waals surface area contributed by atoms with Crippen LogP contribution >= 0.6 is 11.8 Å². The molecule has 186 valence electrons. The van der Waals surface area contributed by atoms with Gasteiger partial charge in [-0.2, -0.15) is 0 Å². The Labute approximate surface area is 211 Å². The van der Waals surface area contributed by atoms with Gasteiger partial charge in [-0.25, -0.2) is 4.98 Å². The molecule has 0 saturated carbocycles. The summed E-state index contributed by atoms with van der Waals surface area (Å²) in [5.41, 5.74) is 2.26. The third-order valence-corrected chi connectivity index (χ3v) is 7.88. The average Bonchev–Trinajstić information content (AvgIpc) is 2.88. The van der Waals surface area contributed by atoms with Crippen molar-refractivity contribution in [2.75, 3.05) is 32.5 Å². The van der Waals surface area contributed by atoms with Gasteiger partial charge >= 0.3 is 5.97 Å². The number of aryl methyl sites for hydroxylation is 1. The number of rotatable bonds is 12. The first-order valence-corrected chi connectivity index (χ1v) is 13.4. The second-order valence-corrected chi connectivity index (χ2v) is 10.3. The van der Waals surface area contributed by atoms with E-state index in [0.717, 1.165) is 79.2 Å². The molecule has 0 unspecified atom stereocenters. The molecule has 3 heterocycles. The number of carboxylic acids is 1. The Bertz CT molecular complexity index is 1100. The van der Waals surface area contributed by atoms with Gasteiger partial charge in [0.15, 0.2) is 0 Å². The van der Waals surface area contributed by atoms with E-state index in [0.29, 0.717) is 5.92 Å². The van der Waals surface area contributed by atoms with Crippen molar-refractivity contribution in [3.8, 4) is 5.75 Å². The summed E-state index contributed by atoms with van der Waals surface area (Å²) in [6.07, 6.45) is 12.5. The zero-order valence-electron chi connectivity index (χ0n) is 20.3. The number of nitrogens with zero attached hydrogens (tertiary/aromatic N) is 4. The number of carboxylic acid groups (broad SMARTS) is 1. The van der Waals surface area contributed by atoms with Crippen LogP contribution in [0.2, 0.25) is 0 Å². The number of carbonyl (C=O) groups is 1. The molecule has 0 aliphatic carbocycles. The van der Waals surface area contributed by atoms with E-state index in [4.69, 9.17) is 4.74 Å². The predicted octanol–water partition coefficient (Wildman–Crippen LogP) is 4.95. The van der Waals surface area contributed by atoms with E-state index in [1.54, 1.807) is 37.5 Å². The van der Waals surface area contributed by atoms with Crippen LogP contribution in [-0.2, 0) is 11.2 Å². The number of fused-ring (bicyclic) bond motifs is 1. The second kappa shape index (κ2) is 12.8. The van der Waals surface area contributed by atoms with Crippen molar-refractivity contribution >= 4 is 28.6 Å². The highest BCUT2D eigenvalue weighted by atomic mass is 32.2. The first kappa shape index (κ1) is 25.4. The largest absolute Gasteiger partial charge is 0.497 e. The number of thioether (sulfide) groups is 1. The molecular weight excluding hydrogens is 460 g/mol. The summed E-state index contributed by atoms with van der Waals surface area (Å²) in [4.78, 5) is 26.9. The van der Waals surface area contributed by atoms with Crippen LogP contribution in [0.3, 0.4) is 0 Å². The fourth-order valence-corrected chi connectivity index (χ4v) is 5.85. The van der Waals surface area contributed by atoms with Gasteiger partial charge in [0.1, 0.15) is 10.8 Å². The number of methoxy groups -OCH3 is 1. The zero-order valence-corrected chi connectivity index (χ0v) is 21.1. The SMILES string of the molecule is COc1ccc2nccc(CCC[C@@H]3CCN(CCCSc4cnccn4)C[C@@H]3CC(=O)O)c2c1. The van der Waals surface area contributed by atoms with Crippen LogP contribution in [0.1, 0.15) is 37.7 Å². The average molecular weight is 495 g/mol. The van der Waals surface area contributed by atoms with E-state index in [9.17, 15) is 9.90 Å². The number of piperidine rings is 1. The highest BCUT2D eigenvalue weighted by Gasteiger charge is 2.30. The lowest BCUT2D eigenvalue weighted by Gasteiger charge is -2.38. The molecular formula is C27H34N4O3S. The molecule has 1 fully saturated rings. The molecule has 2 aromatic heterocycles. The van der Waals surface area contributed by atoms with Crippen molar-refractivity contribution in [3.05, 3.63) is 54.6 Å². The molecule has 7 nitrogen and oxygen atoms in total.